The quantitative estimate of drug-likeness (QED) is 0.868. The summed E-state index contributed by atoms with van der Waals surface area (Å²) in [5, 5.41) is 8.04. The zero-order valence-electron chi connectivity index (χ0n) is 12.4. The van der Waals surface area contributed by atoms with Crippen LogP contribution in [0.25, 0.3) is 5.69 Å². The van der Waals surface area contributed by atoms with E-state index in [9.17, 15) is 0 Å². The van der Waals surface area contributed by atoms with Gasteiger partial charge in [-0.15, -0.1) is 0 Å². The molecule has 2 rings (SSSR count). The van der Waals surface area contributed by atoms with E-state index in [4.69, 9.17) is 5.10 Å². The van der Waals surface area contributed by atoms with E-state index < -0.39 is 0 Å². The number of halogens is 1. The van der Waals surface area contributed by atoms with Crippen LogP contribution in [-0.4, -0.2) is 16.3 Å². The maximum absolute atomic E-state index is 4.69. The van der Waals surface area contributed by atoms with E-state index in [0.717, 1.165) is 41.8 Å². The van der Waals surface area contributed by atoms with Crippen LogP contribution in [0.1, 0.15) is 37.7 Å². The van der Waals surface area contributed by atoms with Gasteiger partial charge in [0.1, 0.15) is 0 Å². The number of aryl methyl sites for hydroxylation is 2. The largest absolute Gasteiger partial charge is 0.313 e. The molecule has 0 saturated heterocycles. The maximum atomic E-state index is 4.69. The fraction of sp³-hybridized carbons (Fsp3) is 0.438. The smallest absolute Gasteiger partial charge is 0.0791 e. The predicted molar refractivity (Wildman–Crippen MR) is 87.4 cm³/mol. The van der Waals surface area contributed by atoms with Crippen LogP contribution in [-0.2, 0) is 19.4 Å². The van der Waals surface area contributed by atoms with E-state index in [1.807, 2.05) is 0 Å². The molecule has 0 aliphatic heterocycles. The minimum Gasteiger partial charge on any atom is -0.313 e. The molecule has 2 aromatic rings. The summed E-state index contributed by atoms with van der Waals surface area (Å²) in [6.07, 6.45) is 1.95. The van der Waals surface area contributed by atoms with Crippen molar-refractivity contribution in [3.05, 3.63) is 45.7 Å². The molecule has 1 heterocycles. The fourth-order valence-corrected chi connectivity index (χ4v) is 2.80. The van der Waals surface area contributed by atoms with Gasteiger partial charge in [0.15, 0.2) is 0 Å². The van der Waals surface area contributed by atoms with Gasteiger partial charge >= 0.3 is 0 Å². The Morgan fingerprint density at radius 2 is 1.95 bits per heavy atom. The first kappa shape index (κ1) is 15.3. The molecule has 1 aromatic heterocycles. The van der Waals surface area contributed by atoms with Gasteiger partial charge in [0.2, 0.25) is 0 Å². The average Bonchev–Trinajstić information content (AvgIpc) is 2.88. The standard InChI is InChI=1S/C16H22BrN3/c1-4-13-10-14(5-2)20(19-13)16-8-7-12(9-15(16)17)11-18-6-3/h7-10,18H,4-6,11H2,1-3H3. The highest BCUT2D eigenvalue weighted by Gasteiger charge is 2.10. The molecule has 1 N–H and O–H groups in total. The van der Waals surface area contributed by atoms with Crippen LogP contribution < -0.4 is 5.32 Å². The summed E-state index contributed by atoms with van der Waals surface area (Å²) in [6.45, 7) is 8.31. The number of nitrogens with zero attached hydrogens (tertiary/aromatic N) is 2. The lowest BCUT2D eigenvalue weighted by Crippen LogP contribution is -2.12. The predicted octanol–water partition coefficient (Wildman–Crippen LogP) is 3.87. The van der Waals surface area contributed by atoms with Crippen LogP contribution in [0, 0.1) is 0 Å². The van der Waals surface area contributed by atoms with E-state index in [1.165, 1.54) is 11.3 Å². The Morgan fingerprint density at radius 3 is 2.55 bits per heavy atom. The Balaban J connectivity index is 2.35. The summed E-state index contributed by atoms with van der Waals surface area (Å²) >= 11 is 3.68. The third-order valence-electron chi connectivity index (χ3n) is 3.38. The normalized spacial score (nSPS) is 11.0. The van der Waals surface area contributed by atoms with Crippen molar-refractivity contribution in [2.45, 2.75) is 40.2 Å². The van der Waals surface area contributed by atoms with Gasteiger partial charge in [-0.25, -0.2) is 4.68 Å². The number of benzene rings is 1. The minimum absolute atomic E-state index is 0.898. The lowest BCUT2D eigenvalue weighted by Gasteiger charge is -2.10. The number of aromatic nitrogens is 2. The molecule has 0 unspecified atom stereocenters. The topological polar surface area (TPSA) is 29.9 Å². The Kier molecular flexibility index (Phi) is 5.38. The van der Waals surface area contributed by atoms with Gasteiger partial charge in [-0.3, -0.25) is 0 Å². The van der Waals surface area contributed by atoms with Gasteiger partial charge < -0.3 is 5.32 Å². The second kappa shape index (κ2) is 7.04. The second-order valence-electron chi connectivity index (χ2n) is 4.81. The summed E-state index contributed by atoms with van der Waals surface area (Å²) in [7, 11) is 0. The first-order valence-corrected chi connectivity index (χ1v) is 8.06. The first-order chi connectivity index (χ1) is 9.69. The zero-order chi connectivity index (χ0) is 14.5. The van der Waals surface area contributed by atoms with Crippen molar-refractivity contribution in [1.82, 2.24) is 15.1 Å². The summed E-state index contributed by atoms with van der Waals surface area (Å²) in [4.78, 5) is 0. The van der Waals surface area contributed by atoms with Crippen LogP contribution in [0.2, 0.25) is 0 Å². The first-order valence-electron chi connectivity index (χ1n) is 7.26. The minimum atomic E-state index is 0.898. The molecule has 0 atom stereocenters. The van der Waals surface area contributed by atoms with Crippen molar-refractivity contribution in [3.8, 4) is 5.69 Å². The Morgan fingerprint density at radius 1 is 1.15 bits per heavy atom. The van der Waals surface area contributed by atoms with Crippen LogP contribution >= 0.6 is 15.9 Å². The molecule has 20 heavy (non-hydrogen) atoms. The van der Waals surface area contributed by atoms with E-state index in [0.29, 0.717) is 0 Å². The fourth-order valence-electron chi connectivity index (χ4n) is 2.21. The van der Waals surface area contributed by atoms with Gasteiger partial charge in [0, 0.05) is 16.7 Å². The SMILES string of the molecule is CCNCc1ccc(-n2nc(CC)cc2CC)c(Br)c1. The van der Waals surface area contributed by atoms with Gasteiger partial charge in [-0.1, -0.05) is 26.8 Å². The highest BCUT2D eigenvalue weighted by Crippen LogP contribution is 2.24. The molecule has 0 bridgehead atoms. The van der Waals surface area contributed by atoms with Crippen molar-refractivity contribution >= 4 is 15.9 Å². The number of rotatable bonds is 6. The van der Waals surface area contributed by atoms with Crippen LogP contribution in [0.15, 0.2) is 28.7 Å². The molecule has 0 aliphatic carbocycles. The molecule has 0 aliphatic rings. The molecule has 1 aromatic carbocycles. The number of hydrogen-bond donors (Lipinski definition) is 1. The van der Waals surface area contributed by atoms with Gasteiger partial charge in [0.05, 0.1) is 11.4 Å². The third kappa shape index (κ3) is 3.30. The monoisotopic (exact) mass is 335 g/mol. The highest BCUT2D eigenvalue weighted by atomic mass is 79.9. The Bertz CT molecular complexity index is 575. The molecule has 0 amide bonds. The average molecular weight is 336 g/mol. The lowest BCUT2D eigenvalue weighted by atomic mass is 10.2. The highest BCUT2D eigenvalue weighted by molar-refractivity contribution is 9.10. The zero-order valence-corrected chi connectivity index (χ0v) is 14.0. The summed E-state index contributed by atoms with van der Waals surface area (Å²) in [5.74, 6) is 0. The van der Waals surface area contributed by atoms with Crippen LogP contribution in [0.4, 0.5) is 0 Å². The third-order valence-corrected chi connectivity index (χ3v) is 4.01. The summed E-state index contributed by atoms with van der Waals surface area (Å²) in [5.41, 5.74) is 4.79. The van der Waals surface area contributed by atoms with Gasteiger partial charge in [0.25, 0.3) is 0 Å². The molecule has 4 heteroatoms. The van der Waals surface area contributed by atoms with Crippen LogP contribution in [0.3, 0.4) is 0 Å². The van der Waals surface area contributed by atoms with E-state index in [1.54, 1.807) is 0 Å². The number of nitrogens with one attached hydrogen (secondary N) is 1. The molecule has 0 saturated carbocycles. The second-order valence-corrected chi connectivity index (χ2v) is 5.67. The molecular formula is C16H22BrN3. The summed E-state index contributed by atoms with van der Waals surface area (Å²) in [6, 6.07) is 8.67. The van der Waals surface area contributed by atoms with E-state index in [-0.39, 0.29) is 0 Å². The van der Waals surface area contributed by atoms with Crippen molar-refractivity contribution in [3.63, 3.8) is 0 Å². The van der Waals surface area contributed by atoms with Crippen molar-refractivity contribution < 1.29 is 0 Å². The Labute approximate surface area is 129 Å². The molecule has 0 spiro atoms. The maximum Gasteiger partial charge on any atom is 0.0791 e. The van der Waals surface area contributed by atoms with Crippen LogP contribution in [0.5, 0.6) is 0 Å². The summed E-state index contributed by atoms with van der Waals surface area (Å²) < 4.78 is 3.15. The van der Waals surface area contributed by atoms with Crippen molar-refractivity contribution in [1.29, 1.82) is 0 Å². The molecular weight excluding hydrogens is 314 g/mol. The Hall–Kier alpha value is -1.13. The van der Waals surface area contributed by atoms with Crippen molar-refractivity contribution in [2.75, 3.05) is 6.54 Å². The van der Waals surface area contributed by atoms with E-state index in [2.05, 4.69) is 71.0 Å². The molecule has 0 fully saturated rings. The van der Waals surface area contributed by atoms with Gasteiger partial charge in [-0.2, -0.15) is 5.10 Å². The van der Waals surface area contributed by atoms with Crippen molar-refractivity contribution in [2.24, 2.45) is 0 Å². The van der Waals surface area contributed by atoms with E-state index >= 15 is 0 Å². The number of hydrogen-bond acceptors (Lipinski definition) is 2. The van der Waals surface area contributed by atoms with Gasteiger partial charge in [-0.05, 0) is 59.1 Å². The molecule has 3 nitrogen and oxygen atoms in total. The lowest BCUT2D eigenvalue weighted by molar-refractivity contribution is 0.725. The molecule has 108 valence electrons. The molecule has 0 radical (unpaired) electrons.